The largest absolute Gasteiger partial charge is 0.316 e. The number of nitrogens with zero attached hydrogens (tertiary/aromatic N) is 2. The van der Waals surface area contributed by atoms with Gasteiger partial charge in [0.1, 0.15) is 0 Å². The molecule has 2 aliphatic rings. The Kier molecular flexibility index (Phi) is 3.85. The fraction of sp³-hybridized carbons (Fsp3) is 0.688. The molecule has 2 aliphatic heterocycles. The Hall–Kier alpha value is -0.930. The van der Waals surface area contributed by atoms with E-state index in [-0.39, 0.29) is 0 Å². The van der Waals surface area contributed by atoms with Gasteiger partial charge in [0.25, 0.3) is 0 Å². The van der Waals surface area contributed by atoms with Crippen LogP contribution in [0.15, 0.2) is 18.5 Å². The van der Waals surface area contributed by atoms with Gasteiger partial charge in [0.05, 0.1) is 0 Å². The van der Waals surface area contributed by atoms with Gasteiger partial charge < -0.3 is 5.32 Å². The van der Waals surface area contributed by atoms with E-state index in [0.29, 0.717) is 5.41 Å². The maximum Gasteiger partial charge on any atom is 0.0313 e. The summed E-state index contributed by atoms with van der Waals surface area (Å²) in [5, 5.41) is 3.60. The lowest BCUT2D eigenvalue weighted by Gasteiger charge is -2.45. The van der Waals surface area contributed by atoms with Crippen molar-refractivity contribution < 1.29 is 0 Å². The molecule has 0 aliphatic carbocycles. The summed E-state index contributed by atoms with van der Waals surface area (Å²) in [4.78, 5) is 6.95. The van der Waals surface area contributed by atoms with Crippen molar-refractivity contribution in [2.24, 2.45) is 5.41 Å². The minimum atomic E-state index is 0.549. The van der Waals surface area contributed by atoms with Crippen molar-refractivity contribution in [1.29, 1.82) is 0 Å². The average molecular weight is 259 g/mol. The van der Waals surface area contributed by atoms with Crippen LogP contribution >= 0.6 is 0 Å². The molecule has 19 heavy (non-hydrogen) atoms. The third-order valence-electron chi connectivity index (χ3n) is 4.64. The van der Waals surface area contributed by atoms with Gasteiger partial charge in [-0.05, 0) is 62.2 Å². The van der Waals surface area contributed by atoms with Gasteiger partial charge in [-0.2, -0.15) is 0 Å². The number of rotatable bonds is 2. The summed E-state index contributed by atoms with van der Waals surface area (Å²) in [7, 11) is 0. The van der Waals surface area contributed by atoms with Gasteiger partial charge in [-0.25, -0.2) is 0 Å². The summed E-state index contributed by atoms with van der Waals surface area (Å²) in [5.41, 5.74) is 3.18. The number of likely N-dealkylation sites (tertiary alicyclic amines) is 1. The van der Waals surface area contributed by atoms with Gasteiger partial charge in [0, 0.05) is 32.0 Å². The number of hydrogen-bond acceptors (Lipinski definition) is 3. The predicted octanol–water partition coefficient (Wildman–Crippen LogP) is 2.36. The number of aryl methyl sites for hydroxylation is 1. The smallest absolute Gasteiger partial charge is 0.0313 e. The van der Waals surface area contributed by atoms with Crippen molar-refractivity contribution in [3.8, 4) is 0 Å². The maximum absolute atomic E-state index is 4.31. The zero-order chi connectivity index (χ0) is 13.1. The molecule has 0 amide bonds. The quantitative estimate of drug-likeness (QED) is 0.883. The molecule has 2 fully saturated rings. The van der Waals surface area contributed by atoms with E-state index in [9.17, 15) is 0 Å². The van der Waals surface area contributed by atoms with Crippen molar-refractivity contribution >= 4 is 0 Å². The molecule has 3 nitrogen and oxygen atoms in total. The third-order valence-corrected chi connectivity index (χ3v) is 4.64. The first kappa shape index (κ1) is 13.1. The molecule has 1 aromatic rings. The van der Waals surface area contributed by atoms with Crippen LogP contribution in [0.5, 0.6) is 0 Å². The van der Waals surface area contributed by atoms with E-state index in [1.165, 1.54) is 63.0 Å². The highest BCUT2D eigenvalue weighted by atomic mass is 15.1. The molecule has 1 unspecified atom stereocenters. The zero-order valence-corrected chi connectivity index (χ0v) is 12.0. The minimum absolute atomic E-state index is 0.549. The van der Waals surface area contributed by atoms with Crippen molar-refractivity contribution in [3.63, 3.8) is 0 Å². The molecular weight excluding hydrogens is 234 g/mol. The second-order valence-electron chi connectivity index (χ2n) is 6.47. The normalized spacial score (nSPS) is 28.7. The molecule has 1 spiro atoms. The Labute approximate surface area is 116 Å². The molecule has 3 heterocycles. The van der Waals surface area contributed by atoms with Crippen LogP contribution in [-0.4, -0.2) is 36.1 Å². The highest BCUT2D eigenvalue weighted by Gasteiger charge is 2.36. The van der Waals surface area contributed by atoms with E-state index in [4.69, 9.17) is 0 Å². The van der Waals surface area contributed by atoms with E-state index >= 15 is 0 Å². The Morgan fingerprint density at radius 1 is 1.32 bits per heavy atom. The predicted molar refractivity (Wildman–Crippen MR) is 78.0 cm³/mol. The highest BCUT2D eigenvalue weighted by molar-refractivity contribution is 5.16. The molecule has 0 aromatic carbocycles. The first-order valence-electron chi connectivity index (χ1n) is 7.59. The van der Waals surface area contributed by atoms with Crippen LogP contribution in [0.25, 0.3) is 0 Å². The molecule has 1 N–H and O–H groups in total. The Balaban J connectivity index is 1.65. The van der Waals surface area contributed by atoms with Crippen molar-refractivity contribution in [3.05, 3.63) is 29.6 Å². The number of nitrogens with one attached hydrogen (secondary N) is 1. The minimum Gasteiger partial charge on any atom is -0.316 e. The molecule has 0 saturated carbocycles. The van der Waals surface area contributed by atoms with Crippen molar-refractivity contribution in [2.45, 2.75) is 39.2 Å². The summed E-state index contributed by atoms with van der Waals surface area (Å²) < 4.78 is 0. The standard InChI is InChI=1S/C16H25N3/c1-14-8-15(10-18-9-14)11-19-7-3-5-16(13-19)4-2-6-17-12-16/h8-10,17H,2-7,11-13H2,1H3. The van der Waals surface area contributed by atoms with Gasteiger partial charge in [0.2, 0.25) is 0 Å². The Bertz CT molecular complexity index is 418. The van der Waals surface area contributed by atoms with Crippen LogP contribution in [0.2, 0.25) is 0 Å². The van der Waals surface area contributed by atoms with Crippen LogP contribution in [0, 0.1) is 12.3 Å². The molecule has 104 valence electrons. The zero-order valence-electron chi connectivity index (χ0n) is 12.0. The molecule has 3 rings (SSSR count). The van der Waals surface area contributed by atoms with Crippen LogP contribution in [-0.2, 0) is 6.54 Å². The van der Waals surface area contributed by atoms with Gasteiger partial charge in [-0.1, -0.05) is 6.07 Å². The first-order chi connectivity index (χ1) is 9.26. The first-order valence-corrected chi connectivity index (χ1v) is 7.59. The lowest BCUT2D eigenvalue weighted by molar-refractivity contribution is 0.0600. The van der Waals surface area contributed by atoms with E-state index in [0.717, 1.165) is 6.54 Å². The van der Waals surface area contributed by atoms with Crippen LogP contribution < -0.4 is 5.32 Å². The van der Waals surface area contributed by atoms with Crippen molar-refractivity contribution in [1.82, 2.24) is 15.2 Å². The average Bonchev–Trinajstić information content (AvgIpc) is 2.40. The van der Waals surface area contributed by atoms with E-state index in [2.05, 4.69) is 28.2 Å². The highest BCUT2D eigenvalue weighted by Crippen LogP contribution is 2.36. The summed E-state index contributed by atoms with van der Waals surface area (Å²) in [5.74, 6) is 0. The van der Waals surface area contributed by atoms with E-state index in [1.807, 2.05) is 12.4 Å². The topological polar surface area (TPSA) is 28.2 Å². The van der Waals surface area contributed by atoms with E-state index < -0.39 is 0 Å². The maximum atomic E-state index is 4.31. The van der Waals surface area contributed by atoms with Gasteiger partial charge >= 0.3 is 0 Å². The number of pyridine rings is 1. The third kappa shape index (κ3) is 3.15. The van der Waals surface area contributed by atoms with Crippen LogP contribution in [0.3, 0.4) is 0 Å². The summed E-state index contributed by atoms with van der Waals surface area (Å²) in [6.07, 6.45) is 9.46. The molecular formula is C16H25N3. The fourth-order valence-electron chi connectivity index (χ4n) is 3.79. The second kappa shape index (κ2) is 5.59. The molecule has 2 saturated heterocycles. The Morgan fingerprint density at radius 3 is 3.00 bits per heavy atom. The lowest BCUT2D eigenvalue weighted by Crippen LogP contribution is -2.50. The van der Waals surface area contributed by atoms with Gasteiger partial charge in [-0.15, -0.1) is 0 Å². The van der Waals surface area contributed by atoms with Gasteiger partial charge in [-0.3, -0.25) is 9.88 Å². The number of hydrogen-bond donors (Lipinski definition) is 1. The molecule has 0 bridgehead atoms. The molecule has 1 aromatic heterocycles. The summed E-state index contributed by atoms with van der Waals surface area (Å²) in [6.45, 7) is 8.12. The lowest BCUT2D eigenvalue weighted by atomic mass is 9.74. The molecule has 3 heteroatoms. The molecule has 1 atom stereocenters. The van der Waals surface area contributed by atoms with E-state index in [1.54, 1.807) is 0 Å². The van der Waals surface area contributed by atoms with Crippen LogP contribution in [0.1, 0.15) is 36.8 Å². The summed E-state index contributed by atoms with van der Waals surface area (Å²) >= 11 is 0. The number of piperidine rings is 2. The Morgan fingerprint density at radius 2 is 2.21 bits per heavy atom. The van der Waals surface area contributed by atoms with Crippen LogP contribution in [0.4, 0.5) is 0 Å². The van der Waals surface area contributed by atoms with Crippen molar-refractivity contribution in [2.75, 3.05) is 26.2 Å². The van der Waals surface area contributed by atoms with Gasteiger partial charge in [0.15, 0.2) is 0 Å². The molecule has 0 radical (unpaired) electrons. The second-order valence-corrected chi connectivity index (χ2v) is 6.47. The SMILES string of the molecule is Cc1cncc(CN2CCCC3(CCCNC3)C2)c1. The number of aromatic nitrogens is 1. The monoisotopic (exact) mass is 259 g/mol. The fourth-order valence-corrected chi connectivity index (χ4v) is 3.79. The summed E-state index contributed by atoms with van der Waals surface area (Å²) in [6, 6.07) is 2.27.